The molecule has 0 saturated heterocycles. The van der Waals surface area contributed by atoms with E-state index in [4.69, 9.17) is 17.0 Å². The van der Waals surface area contributed by atoms with Crippen molar-refractivity contribution in [2.75, 3.05) is 20.2 Å². The summed E-state index contributed by atoms with van der Waals surface area (Å²) in [6.45, 7) is 5.35. The fourth-order valence-corrected chi connectivity index (χ4v) is 4.13. The van der Waals surface area contributed by atoms with Crippen molar-refractivity contribution in [2.24, 2.45) is 0 Å². The van der Waals surface area contributed by atoms with Gasteiger partial charge in [-0.3, -0.25) is 0 Å². The summed E-state index contributed by atoms with van der Waals surface area (Å²) in [6.07, 6.45) is 2.87. The fourth-order valence-electron chi connectivity index (χ4n) is 2.94. The minimum atomic E-state index is 0.153. The average molecular weight is 345 g/mol. The normalized spacial score (nSPS) is 16.6. The van der Waals surface area contributed by atoms with Crippen LogP contribution < -0.4 is 10.1 Å². The molecule has 0 unspecified atom stereocenters. The van der Waals surface area contributed by atoms with E-state index < -0.39 is 0 Å². The quantitative estimate of drug-likeness (QED) is 0.674. The Morgan fingerprint density at radius 3 is 2.91 bits per heavy atom. The fraction of sp³-hybridized carbons (Fsp3) is 0.278. The first-order valence-electron chi connectivity index (χ1n) is 7.60. The Hall–Kier alpha value is -1.85. The second-order valence-electron chi connectivity index (χ2n) is 5.39. The SMILES string of the molecule is C=CCNC(=S)N1CCc2sccc2[C@H]1c1ccc(OC)cc1. The van der Waals surface area contributed by atoms with Crippen molar-refractivity contribution in [1.29, 1.82) is 0 Å². The van der Waals surface area contributed by atoms with Gasteiger partial charge in [0.15, 0.2) is 5.11 Å². The number of thiophene rings is 1. The summed E-state index contributed by atoms with van der Waals surface area (Å²) in [5.74, 6) is 0.869. The van der Waals surface area contributed by atoms with Crippen molar-refractivity contribution in [3.8, 4) is 5.75 Å². The van der Waals surface area contributed by atoms with E-state index in [1.54, 1.807) is 7.11 Å². The number of rotatable bonds is 4. The number of nitrogens with one attached hydrogen (secondary N) is 1. The molecule has 1 atom stereocenters. The molecule has 0 radical (unpaired) electrons. The molecule has 1 aromatic carbocycles. The van der Waals surface area contributed by atoms with Gasteiger partial charge in [0.25, 0.3) is 0 Å². The first-order valence-corrected chi connectivity index (χ1v) is 8.89. The van der Waals surface area contributed by atoms with Gasteiger partial charge in [-0.2, -0.15) is 0 Å². The van der Waals surface area contributed by atoms with Crippen LogP contribution in [0, 0.1) is 0 Å². The van der Waals surface area contributed by atoms with Crippen LogP contribution in [0.3, 0.4) is 0 Å². The van der Waals surface area contributed by atoms with Gasteiger partial charge in [-0.25, -0.2) is 0 Å². The molecule has 2 aromatic rings. The van der Waals surface area contributed by atoms with E-state index in [1.165, 1.54) is 16.0 Å². The molecule has 0 bridgehead atoms. The lowest BCUT2D eigenvalue weighted by atomic mass is 9.93. The number of ether oxygens (including phenoxy) is 1. The van der Waals surface area contributed by atoms with Gasteiger partial charge in [0.05, 0.1) is 13.2 Å². The molecule has 1 N–H and O–H groups in total. The molecule has 1 aliphatic rings. The van der Waals surface area contributed by atoms with Gasteiger partial charge in [-0.15, -0.1) is 17.9 Å². The molecule has 2 heterocycles. The zero-order valence-corrected chi connectivity index (χ0v) is 14.8. The van der Waals surface area contributed by atoms with Crippen LogP contribution in [-0.4, -0.2) is 30.2 Å². The molecule has 3 nitrogen and oxygen atoms in total. The highest BCUT2D eigenvalue weighted by atomic mass is 32.1. The highest BCUT2D eigenvalue weighted by Gasteiger charge is 2.31. The number of nitrogens with zero attached hydrogens (tertiary/aromatic N) is 1. The van der Waals surface area contributed by atoms with E-state index in [2.05, 4.69) is 40.4 Å². The predicted molar refractivity (Wildman–Crippen MR) is 100 cm³/mol. The monoisotopic (exact) mass is 344 g/mol. The van der Waals surface area contributed by atoms with Gasteiger partial charge in [0.2, 0.25) is 0 Å². The molecule has 0 spiro atoms. The number of benzene rings is 1. The van der Waals surface area contributed by atoms with Crippen LogP contribution in [0.4, 0.5) is 0 Å². The van der Waals surface area contributed by atoms with Gasteiger partial charge in [-0.1, -0.05) is 18.2 Å². The molecule has 0 saturated carbocycles. The van der Waals surface area contributed by atoms with E-state index in [0.29, 0.717) is 6.54 Å². The lowest BCUT2D eigenvalue weighted by molar-refractivity contribution is 0.337. The number of hydrogen-bond acceptors (Lipinski definition) is 3. The zero-order valence-electron chi connectivity index (χ0n) is 13.1. The molecule has 23 heavy (non-hydrogen) atoms. The lowest BCUT2D eigenvalue weighted by Crippen LogP contribution is -2.45. The van der Waals surface area contributed by atoms with Gasteiger partial charge in [0, 0.05) is 18.0 Å². The number of hydrogen-bond donors (Lipinski definition) is 1. The summed E-state index contributed by atoms with van der Waals surface area (Å²) in [7, 11) is 1.69. The van der Waals surface area contributed by atoms with Crippen LogP contribution in [0.2, 0.25) is 0 Å². The zero-order chi connectivity index (χ0) is 16.2. The van der Waals surface area contributed by atoms with Crippen LogP contribution in [0.15, 0.2) is 48.4 Å². The summed E-state index contributed by atoms with van der Waals surface area (Å²) in [5.41, 5.74) is 2.59. The topological polar surface area (TPSA) is 24.5 Å². The standard InChI is InChI=1S/C18H20N2OS2/c1-3-10-19-18(22)20-11-8-16-15(9-12-23-16)17(20)13-4-6-14(21-2)7-5-13/h3-7,9,12,17H,1,8,10-11H2,2H3,(H,19,22)/t17-/m1/s1. The second-order valence-corrected chi connectivity index (χ2v) is 6.78. The van der Waals surface area contributed by atoms with Crippen molar-refractivity contribution in [3.63, 3.8) is 0 Å². The Labute approximate surface area is 146 Å². The van der Waals surface area contributed by atoms with E-state index in [0.717, 1.165) is 23.8 Å². The Bertz CT molecular complexity index is 693. The minimum absolute atomic E-state index is 0.153. The molecule has 0 aliphatic carbocycles. The van der Waals surface area contributed by atoms with E-state index in [-0.39, 0.29) is 6.04 Å². The Morgan fingerprint density at radius 1 is 1.43 bits per heavy atom. The van der Waals surface area contributed by atoms with Gasteiger partial charge in [-0.05, 0) is 53.3 Å². The summed E-state index contributed by atoms with van der Waals surface area (Å²) in [6, 6.07) is 10.6. The number of methoxy groups -OCH3 is 1. The molecule has 3 rings (SSSR count). The van der Waals surface area contributed by atoms with E-state index in [1.807, 2.05) is 29.5 Å². The molecule has 0 amide bonds. The van der Waals surface area contributed by atoms with E-state index in [9.17, 15) is 0 Å². The van der Waals surface area contributed by atoms with Crippen LogP contribution in [0.1, 0.15) is 22.0 Å². The first kappa shape index (κ1) is 16.0. The first-order chi connectivity index (χ1) is 11.2. The van der Waals surface area contributed by atoms with Crippen LogP contribution >= 0.6 is 23.6 Å². The maximum Gasteiger partial charge on any atom is 0.169 e. The summed E-state index contributed by atoms with van der Waals surface area (Å²) in [5, 5.41) is 6.22. The van der Waals surface area contributed by atoms with Crippen LogP contribution in [-0.2, 0) is 6.42 Å². The molecule has 1 aliphatic heterocycles. The second kappa shape index (κ2) is 7.15. The van der Waals surface area contributed by atoms with Crippen LogP contribution in [0.5, 0.6) is 5.75 Å². The number of fused-ring (bicyclic) bond motifs is 1. The molecule has 5 heteroatoms. The third-order valence-electron chi connectivity index (χ3n) is 4.06. The van der Waals surface area contributed by atoms with Crippen molar-refractivity contribution in [1.82, 2.24) is 10.2 Å². The molecular weight excluding hydrogens is 324 g/mol. The molecule has 0 fully saturated rings. The maximum absolute atomic E-state index is 5.61. The Morgan fingerprint density at radius 2 is 2.22 bits per heavy atom. The number of thiocarbonyl (C=S) groups is 1. The molecule has 1 aromatic heterocycles. The minimum Gasteiger partial charge on any atom is -0.497 e. The largest absolute Gasteiger partial charge is 0.497 e. The lowest BCUT2D eigenvalue weighted by Gasteiger charge is -2.38. The van der Waals surface area contributed by atoms with Gasteiger partial charge >= 0.3 is 0 Å². The molecular formula is C18H20N2OS2. The predicted octanol–water partition coefficient (Wildman–Crippen LogP) is 3.76. The van der Waals surface area contributed by atoms with Crippen molar-refractivity contribution in [2.45, 2.75) is 12.5 Å². The van der Waals surface area contributed by atoms with Crippen LogP contribution in [0.25, 0.3) is 0 Å². The Kier molecular flexibility index (Phi) is 4.98. The summed E-state index contributed by atoms with van der Waals surface area (Å²) in [4.78, 5) is 3.73. The maximum atomic E-state index is 5.61. The third kappa shape index (κ3) is 3.26. The summed E-state index contributed by atoms with van der Waals surface area (Å²) >= 11 is 7.45. The highest BCUT2D eigenvalue weighted by molar-refractivity contribution is 7.80. The summed E-state index contributed by atoms with van der Waals surface area (Å²) < 4.78 is 5.28. The smallest absolute Gasteiger partial charge is 0.169 e. The van der Waals surface area contributed by atoms with Gasteiger partial charge < -0.3 is 15.0 Å². The highest BCUT2D eigenvalue weighted by Crippen LogP contribution is 2.38. The third-order valence-corrected chi connectivity index (χ3v) is 5.43. The van der Waals surface area contributed by atoms with Crippen molar-refractivity contribution >= 4 is 28.7 Å². The Balaban J connectivity index is 1.95. The van der Waals surface area contributed by atoms with E-state index >= 15 is 0 Å². The van der Waals surface area contributed by atoms with Gasteiger partial charge in [0.1, 0.15) is 5.75 Å². The van der Waals surface area contributed by atoms with Crippen molar-refractivity contribution < 1.29 is 4.74 Å². The molecule has 120 valence electrons. The average Bonchev–Trinajstić information content (AvgIpc) is 3.07. The van der Waals surface area contributed by atoms with Crippen molar-refractivity contribution in [3.05, 3.63) is 64.4 Å².